The Labute approximate surface area is 163 Å². The molecule has 1 rings (SSSR count). The highest BCUT2D eigenvalue weighted by Crippen LogP contribution is 2.41. The van der Waals surface area contributed by atoms with Gasteiger partial charge in [0.05, 0.1) is 6.61 Å². The Kier molecular flexibility index (Phi) is 8.15. The van der Waals surface area contributed by atoms with Gasteiger partial charge in [0.2, 0.25) is 0 Å². The number of anilines is 1. The van der Waals surface area contributed by atoms with Gasteiger partial charge in [-0.1, -0.05) is 12.6 Å². The lowest BCUT2D eigenvalue weighted by Gasteiger charge is -2.23. The van der Waals surface area contributed by atoms with Crippen LogP contribution in [0.5, 0.6) is 5.75 Å². The quantitative estimate of drug-likeness (QED) is 0.142. The van der Waals surface area contributed by atoms with Crippen molar-refractivity contribution in [3.63, 3.8) is 0 Å². The van der Waals surface area contributed by atoms with Gasteiger partial charge in [0.25, 0.3) is 0 Å². The van der Waals surface area contributed by atoms with Gasteiger partial charge < -0.3 is 9.47 Å². The number of alkyl halides is 4. The summed E-state index contributed by atoms with van der Waals surface area (Å²) in [6, 6.07) is 5.62. The van der Waals surface area contributed by atoms with Gasteiger partial charge in [-0.2, -0.15) is 26.0 Å². The number of amides is 1. The summed E-state index contributed by atoms with van der Waals surface area (Å²) in [5.41, 5.74) is 0.184. The Morgan fingerprint density at radius 1 is 1.21 bits per heavy atom. The van der Waals surface area contributed by atoms with Crippen molar-refractivity contribution in [3.05, 3.63) is 36.9 Å². The molecule has 0 aliphatic heterocycles. The Bertz CT molecular complexity index is 859. The molecule has 162 valence electrons. The molecular weight excluding hydrogens is 426 g/mol. The van der Waals surface area contributed by atoms with E-state index in [-0.39, 0.29) is 17.9 Å². The van der Waals surface area contributed by atoms with Crippen LogP contribution in [-0.2, 0) is 19.6 Å². The van der Waals surface area contributed by atoms with E-state index in [4.69, 9.17) is 9.29 Å². The minimum atomic E-state index is -6.28. The summed E-state index contributed by atoms with van der Waals surface area (Å²) >= 11 is 0. The molecule has 2 N–H and O–H groups in total. The molecule has 0 aliphatic carbocycles. The number of hydrogen-bond acceptors (Lipinski definition) is 6. The van der Waals surface area contributed by atoms with Gasteiger partial charge in [-0.15, -0.1) is 0 Å². The molecule has 1 aromatic rings. The Morgan fingerprint density at radius 3 is 2.45 bits per heavy atom. The number of hydrogen-bond donors (Lipinski definition) is 2. The van der Waals surface area contributed by atoms with Crippen molar-refractivity contribution in [2.45, 2.75) is 30.4 Å². The van der Waals surface area contributed by atoms with E-state index in [0.717, 1.165) is 6.08 Å². The number of carbonyl (C=O) groups excluding carboxylic acids is 2. The van der Waals surface area contributed by atoms with Crippen LogP contribution in [0.25, 0.3) is 0 Å². The third kappa shape index (κ3) is 7.02. The summed E-state index contributed by atoms with van der Waals surface area (Å²) in [4.78, 5) is 22.7. The highest BCUT2D eigenvalue weighted by molar-refractivity contribution is 7.87. The number of halogens is 4. The van der Waals surface area contributed by atoms with Crippen LogP contribution in [0.3, 0.4) is 0 Å². The SMILES string of the molecule is C=CC(=O)Oc1cccc(NC(=O)OCCCCC(F)(F)C(F)(F)S(=O)(=O)O)c1. The van der Waals surface area contributed by atoms with Crippen LogP contribution >= 0.6 is 0 Å². The second-order valence-electron chi connectivity index (χ2n) is 5.57. The van der Waals surface area contributed by atoms with Crippen LogP contribution in [0.1, 0.15) is 19.3 Å². The second kappa shape index (κ2) is 9.69. The maximum Gasteiger partial charge on any atom is 0.431 e. The van der Waals surface area contributed by atoms with Gasteiger partial charge >= 0.3 is 33.4 Å². The fourth-order valence-corrected chi connectivity index (χ4v) is 2.38. The van der Waals surface area contributed by atoms with E-state index in [1.807, 2.05) is 0 Å². The molecule has 0 atom stereocenters. The fraction of sp³-hybridized carbons (Fsp3) is 0.375. The summed E-state index contributed by atoms with van der Waals surface area (Å²) < 4.78 is 91.0. The molecule has 1 aromatic carbocycles. The highest BCUT2D eigenvalue weighted by atomic mass is 32.2. The average Bonchev–Trinajstić information content (AvgIpc) is 2.60. The van der Waals surface area contributed by atoms with E-state index in [9.17, 15) is 35.6 Å². The van der Waals surface area contributed by atoms with E-state index in [1.54, 1.807) is 0 Å². The third-order valence-electron chi connectivity index (χ3n) is 3.33. The molecule has 0 saturated carbocycles. The topological polar surface area (TPSA) is 119 Å². The lowest BCUT2D eigenvalue weighted by molar-refractivity contribution is -0.164. The maximum absolute atomic E-state index is 13.3. The molecule has 0 aliphatic rings. The van der Waals surface area contributed by atoms with Crippen molar-refractivity contribution in [3.8, 4) is 5.75 Å². The molecule has 0 heterocycles. The van der Waals surface area contributed by atoms with Crippen LogP contribution in [0.15, 0.2) is 36.9 Å². The van der Waals surface area contributed by atoms with E-state index in [1.165, 1.54) is 24.3 Å². The normalized spacial score (nSPS) is 12.2. The van der Waals surface area contributed by atoms with Crippen molar-refractivity contribution in [2.24, 2.45) is 0 Å². The highest BCUT2D eigenvalue weighted by Gasteiger charge is 2.64. The van der Waals surface area contributed by atoms with Crippen molar-refractivity contribution in [1.29, 1.82) is 0 Å². The molecule has 0 bridgehead atoms. The summed E-state index contributed by atoms with van der Waals surface area (Å²) in [5, 5.41) is -3.36. The zero-order chi connectivity index (χ0) is 22.3. The monoisotopic (exact) mass is 443 g/mol. The molecular formula is C16H17F4NO7S. The fourth-order valence-electron chi connectivity index (χ4n) is 1.90. The number of carbonyl (C=O) groups is 2. The first-order valence-electron chi connectivity index (χ1n) is 7.91. The predicted octanol–water partition coefficient (Wildman–Crippen LogP) is 3.61. The van der Waals surface area contributed by atoms with E-state index >= 15 is 0 Å². The molecule has 13 heteroatoms. The van der Waals surface area contributed by atoms with Gasteiger partial charge in [0.15, 0.2) is 0 Å². The molecule has 0 fully saturated rings. The molecule has 1 amide bonds. The first-order valence-corrected chi connectivity index (χ1v) is 9.35. The Balaban J connectivity index is 2.44. The lowest BCUT2D eigenvalue weighted by Crippen LogP contribution is -2.46. The van der Waals surface area contributed by atoms with Gasteiger partial charge in [-0.05, 0) is 25.0 Å². The molecule has 0 aromatic heterocycles. The lowest BCUT2D eigenvalue weighted by atomic mass is 10.1. The molecule has 0 saturated heterocycles. The summed E-state index contributed by atoms with van der Waals surface area (Å²) in [5.74, 6) is -5.61. The number of unbranched alkanes of at least 4 members (excludes halogenated alkanes) is 1. The zero-order valence-electron chi connectivity index (χ0n) is 14.7. The van der Waals surface area contributed by atoms with E-state index in [2.05, 4.69) is 16.6 Å². The van der Waals surface area contributed by atoms with E-state index < -0.39 is 52.8 Å². The number of benzene rings is 1. The van der Waals surface area contributed by atoms with Crippen molar-refractivity contribution < 1.29 is 49.6 Å². The molecule has 0 radical (unpaired) electrons. The molecule has 8 nitrogen and oxygen atoms in total. The first-order chi connectivity index (χ1) is 13.3. The number of esters is 1. The van der Waals surface area contributed by atoms with Crippen molar-refractivity contribution >= 4 is 27.9 Å². The average molecular weight is 443 g/mol. The molecule has 29 heavy (non-hydrogen) atoms. The van der Waals surface area contributed by atoms with Gasteiger partial charge in [0, 0.05) is 24.3 Å². The summed E-state index contributed by atoms with van der Waals surface area (Å²) in [6.45, 7) is 2.80. The Morgan fingerprint density at radius 2 is 1.86 bits per heavy atom. The minimum absolute atomic E-state index is 0.106. The summed E-state index contributed by atoms with van der Waals surface area (Å²) in [6.07, 6.45) is -2.50. The molecule has 0 spiro atoms. The minimum Gasteiger partial charge on any atom is -0.449 e. The van der Waals surface area contributed by atoms with Crippen LogP contribution in [0, 0.1) is 0 Å². The van der Waals surface area contributed by atoms with Crippen LogP contribution in [0.4, 0.5) is 28.0 Å². The van der Waals surface area contributed by atoms with E-state index in [0.29, 0.717) is 0 Å². The third-order valence-corrected chi connectivity index (χ3v) is 4.28. The van der Waals surface area contributed by atoms with Crippen LogP contribution in [0.2, 0.25) is 0 Å². The van der Waals surface area contributed by atoms with Crippen LogP contribution in [-0.4, -0.2) is 42.8 Å². The first kappa shape index (κ1) is 24.4. The zero-order valence-corrected chi connectivity index (χ0v) is 15.6. The standard InChI is InChI=1S/C16H17F4NO7S/c1-2-13(22)28-12-7-5-6-11(10-12)21-14(23)27-9-4-3-8-15(17,18)16(19,20)29(24,25)26/h2,5-7,10H,1,3-4,8-9H2,(H,21,23)(H,24,25,26). The van der Waals surface area contributed by atoms with Gasteiger partial charge in [-0.3, -0.25) is 9.87 Å². The van der Waals surface area contributed by atoms with Crippen molar-refractivity contribution in [2.75, 3.05) is 11.9 Å². The van der Waals surface area contributed by atoms with Crippen molar-refractivity contribution in [1.82, 2.24) is 0 Å². The number of rotatable bonds is 10. The Hall–Kier alpha value is -2.67. The second-order valence-corrected chi connectivity index (χ2v) is 7.03. The van der Waals surface area contributed by atoms with Gasteiger partial charge in [0.1, 0.15) is 5.75 Å². The smallest absolute Gasteiger partial charge is 0.431 e. The molecule has 0 unspecified atom stereocenters. The summed E-state index contributed by atoms with van der Waals surface area (Å²) in [7, 11) is -6.28. The number of nitrogens with one attached hydrogen (secondary N) is 1. The maximum atomic E-state index is 13.3. The number of ether oxygens (including phenoxy) is 2. The largest absolute Gasteiger partial charge is 0.449 e. The van der Waals surface area contributed by atoms with Gasteiger partial charge in [-0.25, -0.2) is 9.59 Å². The predicted molar refractivity (Wildman–Crippen MR) is 92.5 cm³/mol. The van der Waals surface area contributed by atoms with Crippen LogP contribution < -0.4 is 10.1 Å².